The van der Waals surface area contributed by atoms with Gasteiger partial charge in [0.1, 0.15) is 12.1 Å². The molecule has 1 saturated heterocycles. The van der Waals surface area contributed by atoms with Crippen molar-refractivity contribution < 1.29 is 4.74 Å². The van der Waals surface area contributed by atoms with Crippen LogP contribution in [0.5, 0.6) is 0 Å². The van der Waals surface area contributed by atoms with Gasteiger partial charge < -0.3 is 10.1 Å². The first kappa shape index (κ1) is 12.7. The summed E-state index contributed by atoms with van der Waals surface area (Å²) in [5, 5.41) is 3.38. The molecular weight excluding hydrogens is 284 g/mol. The Morgan fingerprint density at radius 3 is 3.00 bits per heavy atom. The zero-order chi connectivity index (χ0) is 12.1. The van der Waals surface area contributed by atoms with E-state index in [0.717, 1.165) is 43.1 Å². The molecule has 1 aliphatic rings. The molecule has 1 aromatic rings. The Morgan fingerprint density at radius 1 is 1.53 bits per heavy atom. The van der Waals surface area contributed by atoms with E-state index in [1.165, 1.54) is 0 Å². The molecule has 0 amide bonds. The molecule has 1 unspecified atom stereocenters. The Bertz CT molecular complexity index is 357. The van der Waals surface area contributed by atoms with Gasteiger partial charge in [-0.15, -0.1) is 0 Å². The van der Waals surface area contributed by atoms with Crippen LogP contribution in [-0.2, 0) is 4.74 Å². The van der Waals surface area contributed by atoms with E-state index in [-0.39, 0.29) is 0 Å². The van der Waals surface area contributed by atoms with Crippen LogP contribution in [0.4, 0.5) is 5.82 Å². The van der Waals surface area contributed by atoms with Gasteiger partial charge in [-0.05, 0) is 22.9 Å². The van der Waals surface area contributed by atoms with Crippen molar-refractivity contribution in [1.82, 2.24) is 14.9 Å². The molecule has 0 saturated carbocycles. The molecule has 1 aromatic heterocycles. The summed E-state index contributed by atoms with van der Waals surface area (Å²) in [5.74, 6) is 0.848. The summed E-state index contributed by atoms with van der Waals surface area (Å²) in [6, 6.07) is 0.347. The average molecular weight is 301 g/mol. The highest BCUT2D eigenvalue weighted by atomic mass is 79.9. The first-order valence-electron chi connectivity index (χ1n) is 5.78. The molecule has 94 valence electrons. The van der Waals surface area contributed by atoms with E-state index in [1.54, 1.807) is 12.5 Å². The predicted molar refractivity (Wildman–Crippen MR) is 70.1 cm³/mol. The second kappa shape index (κ2) is 6.28. The van der Waals surface area contributed by atoms with Gasteiger partial charge in [-0.2, -0.15) is 0 Å². The summed E-state index contributed by atoms with van der Waals surface area (Å²) >= 11 is 3.43. The van der Waals surface area contributed by atoms with Crippen molar-refractivity contribution in [2.45, 2.75) is 13.0 Å². The van der Waals surface area contributed by atoms with Crippen LogP contribution in [0.3, 0.4) is 0 Å². The molecule has 0 aliphatic carbocycles. The minimum Gasteiger partial charge on any atom is -0.379 e. The van der Waals surface area contributed by atoms with E-state index in [9.17, 15) is 0 Å². The lowest BCUT2D eigenvalue weighted by Gasteiger charge is -2.29. The summed E-state index contributed by atoms with van der Waals surface area (Å²) in [5.41, 5.74) is 0. The number of rotatable bonds is 4. The number of nitrogens with zero attached hydrogens (tertiary/aromatic N) is 3. The van der Waals surface area contributed by atoms with Crippen molar-refractivity contribution in [2.75, 3.05) is 38.2 Å². The Kier molecular flexibility index (Phi) is 4.70. The molecule has 0 spiro atoms. The van der Waals surface area contributed by atoms with Crippen LogP contribution in [-0.4, -0.2) is 53.8 Å². The second-order valence-electron chi connectivity index (χ2n) is 4.18. The highest BCUT2D eigenvalue weighted by Gasteiger charge is 2.14. The highest BCUT2D eigenvalue weighted by Crippen LogP contribution is 2.18. The van der Waals surface area contributed by atoms with Crippen molar-refractivity contribution in [1.29, 1.82) is 0 Å². The lowest BCUT2D eigenvalue weighted by Crippen LogP contribution is -2.42. The zero-order valence-electron chi connectivity index (χ0n) is 9.90. The van der Waals surface area contributed by atoms with E-state index in [0.29, 0.717) is 6.04 Å². The fourth-order valence-electron chi connectivity index (χ4n) is 1.87. The minimum atomic E-state index is 0.347. The van der Waals surface area contributed by atoms with Gasteiger partial charge in [0.05, 0.1) is 17.7 Å². The van der Waals surface area contributed by atoms with E-state index in [2.05, 4.69) is 43.0 Å². The van der Waals surface area contributed by atoms with E-state index < -0.39 is 0 Å². The largest absolute Gasteiger partial charge is 0.379 e. The van der Waals surface area contributed by atoms with Crippen molar-refractivity contribution >= 4 is 21.7 Å². The maximum absolute atomic E-state index is 5.33. The number of morpholine rings is 1. The van der Waals surface area contributed by atoms with Crippen LogP contribution in [0.1, 0.15) is 6.92 Å². The van der Waals surface area contributed by atoms with Gasteiger partial charge in [0, 0.05) is 31.9 Å². The molecule has 0 radical (unpaired) electrons. The Balaban J connectivity index is 1.84. The maximum Gasteiger partial charge on any atom is 0.143 e. The Hall–Kier alpha value is -0.720. The number of aromatic nitrogens is 2. The third kappa shape index (κ3) is 3.90. The van der Waals surface area contributed by atoms with Crippen LogP contribution >= 0.6 is 15.9 Å². The number of hydrogen-bond donors (Lipinski definition) is 1. The number of anilines is 1. The fourth-order valence-corrected chi connectivity index (χ4v) is 2.20. The summed E-state index contributed by atoms with van der Waals surface area (Å²) in [6.45, 7) is 6.85. The molecule has 0 bridgehead atoms. The van der Waals surface area contributed by atoms with Crippen LogP contribution in [0.25, 0.3) is 0 Å². The third-order valence-corrected chi connectivity index (χ3v) is 3.27. The van der Waals surface area contributed by atoms with Gasteiger partial charge in [0.2, 0.25) is 0 Å². The highest BCUT2D eigenvalue weighted by molar-refractivity contribution is 9.10. The standard InChI is InChI=1S/C11H17BrN4O/c1-9(7-16-2-4-17-5-3-16)15-11-10(12)6-13-8-14-11/h6,8-9H,2-5,7H2,1H3,(H,13,14,15). The van der Waals surface area contributed by atoms with Crippen molar-refractivity contribution in [3.63, 3.8) is 0 Å². The molecule has 1 aliphatic heterocycles. The monoisotopic (exact) mass is 300 g/mol. The lowest BCUT2D eigenvalue weighted by molar-refractivity contribution is 0.0368. The molecule has 2 heterocycles. The first-order chi connectivity index (χ1) is 8.25. The van der Waals surface area contributed by atoms with Gasteiger partial charge in [0.25, 0.3) is 0 Å². The number of hydrogen-bond acceptors (Lipinski definition) is 5. The van der Waals surface area contributed by atoms with Gasteiger partial charge in [0.15, 0.2) is 0 Å². The van der Waals surface area contributed by atoms with E-state index in [4.69, 9.17) is 4.74 Å². The van der Waals surface area contributed by atoms with Gasteiger partial charge >= 0.3 is 0 Å². The fraction of sp³-hybridized carbons (Fsp3) is 0.636. The molecule has 0 aromatic carbocycles. The summed E-state index contributed by atoms with van der Waals surface area (Å²) in [4.78, 5) is 10.5. The topological polar surface area (TPSA) is 50.3 Å². The molecule has 5 nitrogen and oxygen atoms in total. The smallest absolute Gasteiger partial charge is 0.143 e. The van der Waals surface area contributed by atoms with E-state index in [1.807, 2.05) is 0 Å². The van der Waals surface area contributed by atoms with Crippen LogP contribution < -0.4 is 5.32 Å². The van der Waals surface area contributed by atoms with Crippen LogP contribution in [0.2, 0.25) is 0 Å². The first-order valence-corrected chi connectivity index (χ1v) is 6.57. The predicted octanol–water partition coefficient (Wildman–Crippen LogP) is 1.37. The molecule has 1 fully saturated rings. The van der Waals surface area contributed by atoms with Crippen LogP contribution in [0.15, 0.2) is 17.0 Å². The normalized spacial score (nSPS) is 18.9. The molecule has 17 heavy (non-hydrogen) atoms. The quantitative estimate of drug-likeness (QED) is 0.910. The molecule has 6 heteroatoms. The molecular formula is C11H17BrN4O. The number of ether oxygens (including phenoxy) is 1. The van der Waals surface area contributed by atoms with Gasteiger partial charge in [-0.3, -0.25) is 4.90 Å². The van der Waals surface area contributed by atoms with Crippen LogP contribution in [0, 0.1) is 0 Å². The molecule has 2 rings (SSSR count). The summed E-state index contributed by atoms with van der Waals surface area (Å²) < 4.78 is 6.23. The number of nitrogens with one attached hydrogen (secondary N) is 1. The van der Waals surface area contributed by atoms with Crippen molar-refractivity contribution in [2.24, 2.45) is 0 Å². The Morgan fingerprint density at radius 2 is 2.29 bits per heavy atom. The lowest BCUT2D eigenvalue weighted by atomic mass is 10.3. The van der Waals surface area contributed by atoms with E-state index >= 15 is 0 Å². The maximum atomic E-state index is 5.33. The summed E-state index contributed by atoms with van der Waals surface area (Å²) in [7, 11) is 0. The zero-order valence-corrected chi connectivity index (χ0v) is 11.5. The minimum absolute atomic E-state index is 0.347. The molecule has 1 N–H and O–H groups in total. The SMILES string of the molecule is CC(CN1CCOCC1)Nc1ncncc1Br. The van der Waals surface area contributed by atoms with Crippen molar-refractivity contribution in [3.05, 3.63) is 17.0 Å². The molecule has 1 atom stereocenters. The average Bonchev–Trinajstić information content (AvgIpc) is 2.33. The third-order valence-electron chi connectivity index (χ3n) is 2.69. The van der Waals surface area contributed by atoms with Gasteiger partial charge in [-0.25, -0.2) is 9.97 Å². The summed E-state index contributed by atoms with van der Waals surface area (Å²) in [6.07, 6.45) is 3.30. The Labute approximate surface area is 110 Å². The van der Waals surface area contributed by atoms with Crippen molar-refractivity contribution in [3.8, 4) is 0 Å². The number of halogens is 1. The second-order valence-corrected chi connectivity index (χ2v) is 5.03. The van der Waals surface area contributed by atoms with Gasteiger partial charge in [-0.1, -0.05) is 0 Å².